The summed E-state index contributed by atoms with van der Waals surface area (Å²) in [5, 5.41) is 2.98. The van der Waals surface area contributed by atoms with Gasteiger partial charge in [-0.2, -0.15) is 0 Å². The maximum atomic E-state index is 11.8. The third-order valence-corrected chi connectivity index (χ3v) is 3.58. The van der Waals surface area contributed by atoms with Crippen LogP contribution in [0, 0.1) is 6.92 Å². The number of hydrogen-bond acceptors (Lipinski definition) is 3. The Morgan fingerprint density at radius 1 is 1.60 bits per heavy atom. The fourth-order valence-corrected chi connectivity index (χ4v) is 1.90. The second-order valence-electron chi connectivity index (χ2n) is 4.31. The molecule has 0 saturated carbocycles. The monoisotopic (exact) mass is 226 g/mol. The van der Waals surface area contributed by atoms with E-state index in [2.05, 4.69) is 5.32 Å². The van der Waals surface area contributed by atoms with Gasteiger partial charge < -0.3 is 11.1 Å². The van der Waals surface area contributed by atoms with Gasteiger partial charge in [0.2, 0.25) is 0 Å². The first-order valence-corrected chi connectivity index (χ1v) is 5.86. The molecule has 0 aliphatic heterocycles. The number of nitrogen functional groups attached to an aromatic ring is 1. The fourth-order valence-electron chi connectivity index (χ4n) is 1.07. The van der Waals surface area contributed by atoms with Crippen LogP contribution in [0.3, 0.4) is 0 Å². The summed E-state index contributed by atoms with van der Waals surface area (Å²) in [5.41, 5.74) is 6.24. The molecule has 1 rings (SSSR count). The van der Waals surface area contributed by atoms with E-state index in [1.807, 2.05) is 27.7 Å². The second kappa shape index (κ2) is 4.23. The number of amides is 1. The van der Waals surface area contributed by atoms with E-state index in [4.69, 9.17) is 5.73 Å². The number of thiophene rings is 1. The van der Waals surface area contributed by atoms with Crippen molar-refractivity contribution in [2.75, 3.05) is 5.73 Å². The molecule has 1 heterocycles. The first-order chi connectivity index (χ1) is 6.85. The van der Waals surface area contributed by atoms with Crippen molar-refractivity contribution in [1.82, 2.24) is 5.32 Å². The first-order valence-electron chi connectivity index (χ1n) is 5.04. The molecule has 0 aliphatic carbocycles. The lowest BCUT2D eigenvalue weighted by atomic mass is 10.0. The minimum Gasteiger partial charge on any atom is -0.398 e. The van der Waals surface area contributed by atoms with Crippen molar-refractivity contribution in [3.05, 3.63) is 15.8 Å². The van der Waals surface area contributed by atoms with Crippen molar-refractivity contribution in [2.24, 2.45) is 0 Å². The van der Waals surface area contributed by atoms with Crippen LogP contribution in [-0.4, -0.2) is 11.4 Å². The van der Waals surface area contributed by atoms with E-state index < -0.39 is 0 Å². The molecule has 3 nitrogen and oxygen atoms in total. The zero-order chi connectivity index (χ0) is 11.6. The fraction of sp³-hybridized carbons (Fsp3) is 0.545. The van der Waals surface area contributed by atoms with Gasteiger partial charge in [-0.25, -0.2) is 0 Å². The zero-order valence-corrected chi connectivity index (χ0v) is 10.5. The Balaban J connectivity index is 2.78. The first kappa shape index (κ1) is 12.0. The molecule has 0 unspecified atom stereocenters. The van der Waals surface area contributed by atoms with Crippen LogP contribution >= 0.6 is 11.3 Å². The largest absolute Gasteiger partial charge is 0.398 e. The number of carbonyl (C=O) groups excluding carboxylic acids is 1. The summed E-state index contributed by atoms with van der Waals surface area (Å²) in [7, 11) is 0. The normalized spacial score (nSPS) is 11.5. The van der Waals surface area contributed by atoms with Crippen LogP contribution in [0.4, 0.5) is 5.69 Å². The lowest BCUT2D eigenvalue weighted by Gasteiger charge is -2.23. The van der Waals surface area contributed by atoms with Crippen LogP contribution in [0.5, 0.6) is 0 Å². The number of nitrogens with two attached hydrogens (primary N) is 1. The highest BCUT2D eigenvalue weighted by molar-refractivity contribution is 7.14. The standard InChI is InChI=1S/C11H18N2OS/c1-5-11(3,4)13-10(14)9-6-8(12)7(2)15-9/h6H,5,12H2,1-4H3,(H,13,14). The van der Waals surface area contributed by atoms with Gasteiger partial charge in [-0.1, -0.05) is 6.92 Å². The maximum absolute atomic E-state index is 11.8. The minimum absolute atomic E-state index is 0.0355. The molecule has 0 saturated heterocycles. The molecule has 0 atom stereocenters. The average Bonchev–Trinajstić information content (AvgIpc) is 2.47. The van der Waals surface area contributed by atoms with Gasteiger partial charge in [0, 0.05) is 16.1 Å². The van der Waals surface area contributed by atoms with Crippen LogP contribution < -0.4 is 11.1 Å². The molecular weight excluding hydrogens is 208 g/mol. The van der Waals surface area contributed by atoms with E-state index >= 15 is 0 Å². The summed E-state index contributed by atoms with van der Waals surface area (Å²) in [5.74, 6) is -0.0355. The second-order valence-corrected chi connectivity index (χ2v) is 5.57. The number of carbonyl (C=O) groups is 1. The number of anilines is 1. The Kier molecular flexibility index (Phi) is 3.39. The molecule has 0 bridgehead atoms. The number of rotatable bonds is 3. The van der Waals surface area contributed by atoms with Crippen molar-refractivity contribution in [1.29, 1.82) is 0 Å². The number of hydrogen-bond donors (Lipinski definition) is 2. The summed E-state index contributed by atoms with van der Waals surface area (Å²) in [4.78, 5) is 13.5. The highest BCUT2D eigenvalue weighted by Gasteiger charge is 2.20. The van der Waals surface area contributed by atoms with Crippen molar-refractivity contribution in [3.63, 3.8) is 0 Å². The molecule has 15 heavy (non-hydrogen) atoms. The number of nitrogens with one attached hydrogen (secondary N) is 1. The summed E-state index contributed by atoms with van der Waals surface area (Å²) < 4.78 is 0. The van der Waals surface area contributed by atoms with Gasteiger partial charge in [-0.15, -0.1) is 11.3 Å². The molecule has 0 fully saturated rings. The quantitative estimate of drug-likeness (QED) is 0.832. The molecule has 1 aromatic heterocycles. The van der Waals surface area contributed by atoms with Gasteiger partial charge in [0.25, 0.3) is 5.91 Å². The number of aryl methyl sites for hydroxylation is 1. The van der Waals surface area contributed by atoms with Crippen LogP contribution in [0.15, 0.2) is 6.07 Å². The highest BCUT2D eigenvalue weighted by atomic mass is 32.1. The Morgan fingerprint density at radius 3 is 2.60 bits per heavy atom. The smallest absolute Gasteiger partial charge is 0.261 e. The third-order valence-electron chi connectivity index (χ3n) is 2.52. The Labute approximate surface area is 94.7 Å². The maximum Gasteiger partial charge on any atom is 0.261 e. The summed E-state index contributed by atoms with van der Waals surface area (Å²) in [6, 6.07) is 1.74. The lowest BCUT2D eigenvalue weighted by molar-refractivity contribution is 0.0915. The Bertz CT molecular complexity index is 349. The predicted octanol–water partition coefficient (Wildman–Crippen LogP) is 2.56. The molecule has 1 amide bonds. The Hall–Kier alpha value is -1.03. The van der Waals surface area contributed by atoms with Gasteiger partial charge >= 0.3 is 0 Å². The predicted molar refractivity (Wildman–Crippen MR) is 65.3 cm³/mol. The highest BCUT2D eigenvalue weighted by Crippen LogP contribution is 2.23. The van der Waals surface area contributed by atoms with Gasteiger partial charge in [-0.3, -0.25) is 4.79 Å². The van der Waals surface area contributed by atoms with E-state index in [0.717, 1.165) is 11.3 Å². The van der Waals surface area contributed by atoms with E-state index in [-0.39, 0.29) is 11.4 Å². The van der Waals surface area contributed by atoms with Crippen LogP contribution in [0.1, 0.15) is 41.7 Å². The summed E-state index contributed by atoms with van der Waals surface area (Å²) >= 11 is 1.44. The third kappa shape index (κ3) is 2.96. The molecule has 0 aromatic carbocycles. The molecule has 0 spiro atoms. The van der Waals surface area contributed by atoms with Gasteiger partial charge in [-0.05, 0) is 33.3 Å². The molecular formula is C11H18N2OS. The van der Waals surface area contributed by atoms with E-state index in [1.165, 1.54) is 11.3 Å². The van der Waals surface area contributed by atoms with Crippen LogP contribution in [0.2, 0.25) is 0 Å². The van der Waals surface area contributed by atoms with E-state index in [0.29, 0.717) is 10.6 Å². The lowest BCUT2D eigenvalue weighted by Crippen LogP contribution is -2.42. The van der Waals surface area contributed by atoms with Gasteiger partial charge in [0.05, 0.1) is 4.88 Å². The molecule has 1 aromatic rings. The molecule has 0 aliphatic rings. The van der Waals surface area contributed by atoms with E-state index in [1.54, 1.807) is 6.07 Å². The van der Waals surface area contributed by atoms with Crippen LogP contribution in [-0.2, 0) is 0 Å². The van der Waals surface area contributed by atoms with Crippen molar-refractivity contribution in [3.8, 4) is 0 Å². The van der Waals surface area contributed by atoms with E-state index in [9.17, 15) is 4.79 Å². The molecule has 0 radical (unpaired) electrons. The van der Waals surface area contributed by atoms with Gasteiger partial charge in [0.1, 0.15) is 0 Å². The van der Waals surface area contributed by atoms with Crippen molar-refractivity contribution >= 4 is 22.9 Å². The zero-order valence-electron chi connectivity index (χ0n) is 9.68. The summed E-state index contributed by atoms with van der Waals surface area (Å²) in [6.45, 7) is 7.99. The Morgan fingerprint density at radius 2 is 2.20 bits per heavy atom. The summed E-state index contributed by atoms with van der Waals surface area (Å²) in [6.07, 6.45) is 0.901. The SMILES string of the molecule is CCC(C)(C)NC(=O)c1cc(N)c(C)s1. The van der Waals surface area contributed by atoms with Crippen molar-refractivity contribution < 1.29 is 4.79 Å². The minimum atomic E-state index is -0.163. The topological polar surface area (TPSA) is 55.1 Å². The van der Waals surface area contributed by atoms with Crippen molar-refractivity contribution in [2.45, 2.75) is 39.7 Å². The van der Waals surface area contributed by atoms with Crippen LogP contribution in [0.25, 0.3) is 0 Å². The molecule has 3 N–H and O–H groups in total. The molecule has 4 heteroatoms. The van der Waals surface area contributed by atoms with Gasteiger partial charge in [0.15, 0.2) is 0 Å². The average molecular weight is 226 g/mol. The molecule has 84 valence electrons.